The van der Waals surface area contributed by atoms with E-state index >= 15 is 0 Å². The Morgan fingerprint density at radius 3 is 1.72 bits per heavy atom. The molecular formula is C39H50O8. The Morgan fingerprint density at radius 2 is 1.09 bits per heavy atom. The second-order valence-corrected chi connectivity index (χ2v) is 11.7. The molecule has 254 valence electrons. The van der Waals surface area contributed by atoms with E-state index in [4.69, 9.17) is 18.9 Å². The van der Waals surface area contributed by atoms with Crippen LogP contribution < -0.4 is 14.2 Å². The maximum absolute atomic E-state index is 12.7. The fraction of sp³-hybridized carbons (Fsp3) is 0.462. The molecule has 0 fully saturated rings. The number of hydrogen-bond donors (Lipinski definition) is 1. The maximum Gasteiger partial charge on any atom is 0.343 e. The predicted octanol–water partition coefficient (Wildman–Crippen LogP) is 9.52. The zero-order chi connectivity index (χ0) is 33.7. The Morgan fingerprint density at radius 1 is 0.553 bits per heavy atom. The maximum atomic E-state index is 12.7. The Balaban J connectivity index is 1.39. The SMILES string of the molecule is CCCCCCCCOc1ccc(C(=O)Oc2ccc(O)c(C(=O)OCCOc3ccc(C(=O)CCCCCCCC)cc3)c2)cc1. The molecule has 0 saturated heterocycles. The topological polar surface area (TPSA) is 108 Å². The highest BCUT2D eigenvalue weighted by molar-refractivity contribution is 5.96. The van der Waals surface area contributed by atoms with Gasteiger partial charge in [-0.15, -0.1) is 0 Å². The lowest BCUT2D eigenvalue weighted by atomic mass is 10.0. The first-order valence-electron chi connectivity index (χ1n) is 17.1. The van der Waals surface area contributed by atoms with E-state index in [0.717, 1.165) is 25.7 Å². The molecule has 0 spiro atoms. The number of unbranched alkanes of at least 4 members (excludes halogenated alkanes) is 10. The highest BCUT2D eigenvalue weighted by Crippen LogP contribution is 2.25. The van der Waals surface area contributed by atoms with Gasteiger partial charge in [0.2, 0.25) is 0 Å². The first-order chi connectivity index (χ1) is 22.9. The molecule has 3 aromatic carbocycles. The van der Waals surface area contributed by atoms with Gasteiger partial charge in [-0.2, -0.15) is 0 Å². The van der Waals surface area contributed by atoms with Gasteiger partial charge in [-0.05, 0) is 79.6 Å². The van der Waals surface area contributed by atoms with Crippen molar-refractivity contribution in [1.82, 2.24) is 0 Å². The van der Waals surface area contributed by atoms with Gasteiger partial charge in [0.05, 0.1) is 12.2 Å². The number of carbonyl (C=O) groups is 3. The van der Waals surface area contributed by atoms with E-state index in [0.29, 0.717) is 35.7 Å². The Bertz CT molecular complexity index is 1360. The number of hydrogen-bond acceptors (Lipinski definition) is 8. The second kappa shape index (κ2) is 21.5. The number of rotatable bonds is 23. The standard InChI is InChI=1S/C39H50O8/c1-3-5-7-9-11-13-15-36(40)30-16-20-33(21-17-30)45-27-28-46-39(43)35-29-34(24-25-37(35)41)47-38(42)31-18-22-32(23-19-31)44-26-14-12-10-8-6-4-2/h16-25,29,41H,3-15,26-28H2,1-2H3. The first-order valence-corrected chi connectivity index (χ1v) is 17.1. The van der Waals surface area contributed by atoms with Crippen LogP contribution in [0.1, 0.15) is 128 Å². The molecule has 0 aliphatic rings. The number of Topliss-reactive ketones (excluding diaryl/α,β-unsaturated/α-hetero) is 1. The van der Waals surface area contributed by atoms with Crippen molar-refractivity contribution in [3.8, 4) is 23.0 Å². The van der Waals surface area contributed by atoms with E-state index in [2.05, 4.69) is 13.8 Å². The fourth-order valence-electron chi connectivity index (χ4n) is 4.99. The van der Waals surface area contributed by atoms with Crippen molar-refractivity contribution in [2.24, 2.45) is 0 Å². The van der Waals surface area contributed by atoms with Crippen molar-refractivity contribution in [3.63, 3.8) is 0 Å². The van der Waals surface area contributed by atoms with Crippen LogP contribution in [0.5, 0.6) is 23.0 Å². The van der Waals surface area contributed by atoms with Crippen LogP contribution in [0.3, 0.4) is 0 Å². The van der Waals surface area contributed by atoms with Crippen LogP contribution in [0.2, 0.25) is 0 Å². The fourth-order valence-corrected chi connectivity index (χ4v) is 4.99. The van der Waals surface area contributed by atoms with Crippen molar-refractivity contribution < 1.29 is 38.4 Å². The third-order valence-electron chi connectivity index (χ3n) is 7.77. The molecule has 3 aromatic rings. The minimum absolute atomic E-state index is 0.0743. The number of ketones is 1. The van der Waals surface area contributed by atoms with Crippen molar-refractivity contribution in [1.29, 1.82) is 0 Å². The average Bonchev–Trinajstić information content (AvgIpc) is 3.09. The summed E-state index contributed by atoms with van der Waals surface area (Å²) in [4.78, 5) is 37.8. The third kappa shape index (κ3) is 13.9. The summed E-state index contributed by atoms with van der Waals surface area (Å²) in [7, 11) is 0. The van der Waals surface area contributed by atoms with Gasteiger partial charge in [0.25, 0.3) is 0 Å². The van der Waals surface area contributed by atoms with Crippen LogP contribution in [-0.2, 0) is 4.74 Å². The molecule has 0 unspecified atom stereocenters. The Kier molecular flexibility index (Phi) is 17.0. The molecule has 47 heavy (non-hydrogen) atoms. The van der Waals surface area contributed by atoms with Crippen molar-refractivity contribution in [2.75, 3.05) is 19.8 Å². The number of phenols is 1. The molecular weight excluding hydrogens is 596 g/mol. The van der Waals surface area contributed by atoms with Crippen molar-refractivity contribution >= 4 is 17.7 Å². The van der Waals surface area contributed by atoms with Gasteiger partial charge in [-0.25, -0.2) is 9.59 Å². The number of benzene rings is 3. The molecule has 0 amide bonds. The van der Waals surface area contributed by atoms with E-state index in [1.807, 2.05) is 0 Å². The Labute approximate surface area is 279 Å². The van der Waals surface area contributed by atoms with Gasteiger partial charge in [0.1, 0.15) is 41.8 Å². The van der Waals surface area contributed by atoms with E-state index in [1.165, 1.54) is 69.6 Å². The lowest BCUT2D eigenvalue weighted by Gasteiger charge is -2.11. The summed E-state index contributed by atoms with van der Waals surface area (Å²) >= 11 is 0. The van der Waals surface area contributed by atoms with Crippen LogP contribution in [0.4, 0.5) is 0 Å². The molecule has 0 atom stereocenters. The van der Waals surface area contributed by atoms with E-state index in [1.54, 1.807) is 48.5 Å². The summed E-state index contributed by atoms with van der Waals surface area (Å²) in [6.07, 6.45) is 14.4. The number of aromatic hydroxyl groups is 1. The molecule has 0 heterocycles. The summed E-state index contributed by atoms with van der Waals surface area (Å²) in [5.74, 6) is -0.261. The molecule has 0 aliphatic carbocycles. The molecule has 8 heteroatoms. The lowest BCUT2D eigenvalue weighted by molar-refractivity contribution is 0.0445. The van der Waals surface area contributed by atoms with Crippen LogP contribution in [0.25, 0.3) is 0 Å². The van der Waals surface area contributed by atoms with Gasteiger partial charge in [0.15, 0.2) is 5.78 Å². The Hall–Kier alpha value is -4.33. The van der Waals surface area contributed by atoms with E-state index in [9.17, 15) is 19.5 Å². The molecule has 1 N–H and O–H groups in total. The smallest absolute Gasteiger partial charge is 0.343 e. The van der Waals surface area contributed by atoms with E-state index < -0.39 is 11.9 Å². The highest BCUT2D eigenvalue weighted by Gasteiger charge is 2.17. The van der Waals surface area contributed by atoms with Gasteiger partial charge < -0.3 is 24.1 Å². The minimum atomic E-state index is -0.786. The normalized spacial score (nSPS) is 10.8. The number of carbonyl (C=O) groups excluding carboxylic acids is 3. The molecule has 0 bridgehead atoms. The summed E-state index contributed by atoms with van der Waals surface area (Å²) in [5.41, 5.74) is 0.835. The summed E-state index contributed by atoms with van der Waals surface area (Å²) in [5, 5.41) is 10.2. The van der Waals surface area contributed by atoms with Gasteiger partial charge in [-0.1, -0.05) is 78.1 Å². The summed E-state index contributed by atoms with van der Waals surface area (Å²) < 4.78 is 22.1. The number of phenolic OH excluding ortho intramolecular Hbond substituents is 1. The highest BCUT2D eigenvalue weighted by atomic mass is 16.6. The number of esters is 2. The molecule has 0 aliphatic heterocycles. The largest absolute Gasteiger partial charge is 0.507 e. The first kappa shape index (κ1) is 37.1. The molecule has 0 aromatic heterocycles. The molecule has 3 rings (SSSR count). The number of ether oxygens (including phenoxy) is 4. The molecule has 0 saturated carbocycles. The molecule has 0 radical (unpaired) electrons. The lowest BCUT2D eigenvalue weighted by Crippen LogP contribution is -2.13. The second-order valence-electron chi connectivity index (χ2n) is 11.7. The summed E-state index contributed by atoms with van der Waals surface area (Å²) in [6.45, 7) is 5.01. The van der Waals surface area contributed by atoms with Gasteiger partial charge >= 0.3 is 11.9 Å². The monoisotopic (exact) mass is 646 g/mol. The molecule has 8 nitrogen and oxygen atoms in total. The van der Waals surface area contributed by atoms with Crippen LogP contribution in [-0.4, -0.2) is 42.6 Å². The zero-order valence-electron chi connectivity index (χ0n) is 28.0. The van der Waals surface area contributed by atoms with Crippen molar-refractivity contribution in [2.45, 2.75) is 97.3 Å². The van der Waals surface area contributed by atoms with Crippen LogP contribution in [0, 0.1) is 0 Å². The predicted molar refractivity (Wildman–Crippen MR) is 183 cm³/mol. The van der Waals surface area contributed by atoms with Gasteiger partial charge in [0, 0.05) is 12.0 Å². The zero-order valence-corrected chi connectivity index (χ0v) is 28.0. The quantitative estimate of drug-likeness (QED) is 0.0470. The third-order valence-corrected chi connectivity index (χ3v) is 7.77. The van der Waals surface area contributed by atoms with E-state index in [-0.39, 0.29) is 36.1 Å². The van der Waals surface area contributed by atoms with Crippen molar-refractivity contribution in [3.05, 3.63) is 83.4 Å². The minimum Gasteiger partial charge on any atom is -0.507 e. The average molecular weight is 647 g/mol. The van der Waals surface area contributed by atoms with Crippen LogP contribution in [0.15, 0.2) is 66.7 Å². The van der Waals surface area contributed by atoms with Crippen LogP contribution >= 0.6 is 0 Å². The summed E-state index contributed by atoms with van der Waals surface area (Å²) in [6, 6.07) is 17.5. The van der Waals surface area contributed by atoms with Gasteiger partial charge in [-0.3, -0.25) is 4.79 Å².